The van der Waals surface area contributed by atoms with Crippen molar-refractivity contribution >= 4 is 49.3 Å². The van der Waals surface area contributed by atoms with Gasteiger partial charge in [0.05, 0.1) is 18.9 Å². The fourth-order valence-corrected chi connectivity index (χ4v) is 3.47. The largest absolute Gasteiger partial charge is 0.493 e. The summed E-state index contributed by atoms with van der Waals surface area (Å²) in [6, 6.07) is 2.70. The quantitative estimate of drug-likeness (QED) is 0.673. The molecule has 2 heterocycles. The summed E-state index contributed by atoms with van der Waals surface area (Å²) in [4.78, 5) is 22.7. The molecular weight excluding hydrogens is 322 g/mol. The maximum Gasteiger partial charge on any atom is 0.316 e. The minimum atomic E-state index is -0.817. The monoisotopic (exact) mass is 335 g/mol. The van der Waals surface area contributed by atoms with E-state index in [0.29, 0.717) is 27.2 Å². The van der Waals surface area contributed by atoms with Crippen LogP contribution >= 0.6 is 11.3 Å². The molecule has 0 radical (unpaired) electrons. The predicted molar refractivity (Wildman–Crippen MR) is 86.4 cm³/mol. The molecule has 3 rings (SSSR count). The van der Waals surface area contributed by atoms with E-state index in [-0.39, 0.29) is 11.4 Å². The molecule has 1 aromatic carbocycles. The lowest BCUT2D eigenvalue weighted by molar-refractivity contribution is 0.0977. The Kier molecular flexibility index (Phi) is 3.49. The average molecular weight is 335 g/mol. The van der Waals surface area contributed by atoms with E-state index in [1.54, 1.807) is 12.1 Å². The lowest BCUT2D eigenvalue weighted by Gasteiger charge is -2.06. The summed E-state index contributed by atoms with van der Waals surface area (Å²) in [6.45, 7) is 0. The number of furan rings is 1. The van der Waals surface area contributed by atoms with Gasteiger partial charge < -0.3 is 30.7 Å². The van der Waals surface area contributed by atoms with Crippen molar-refractivity contribution in [2.45, 2.75) is 0 Å². The Labute approximate surface area is 133 Å². The number of benzene rings is 1. The summed E-state index contributed by atoms with van der Waals surface area (Å²) in [5.41, 5.74) is 11.0. The molecule has 8 nitrogen and oxygen atoms in total. The number of urea groups is 1. The van der Waals surface area contributed by atoms with Gasteiger partial charge in [-0.1, -0.05) is 0 Å². The Morgan fingerprint density at radius 3 is 2.39 bits per heavy atom. The normalized spacial score (nSPS) is 10.9. The fourth-order valence-electron chi connectivity index (χ4n) is 2.33. The first-order valence-corrected chi connectivity index (χ1v) is 7.25. The van der Waals surface area contributed by atoms with Crippen LogP contribution < -0.4 is 26.3 Å². The lowest BCUT2D eigenvalue weighted by Crippen LogP contribution is -2.21. The first-order valence-electron chi connectivity index (χ1n) is 6.43. The van der Waals surface area contributed by atoms with Crippen molar-refractivity contribution in [1.82, 2.24) is 0 Å². The van der Waals surface area contributed by atoms with Crippen LogP contribution in [0.15, 0.2) is 16.5 Å². The van der Waals surface area contributed by atoms with E-state index in [2.05, 4.69) is 5.32 Å². The van der Waals surface area contributed by atoms with Crippen LogP contribution in [0.3, 0.4) is 0 Å². The van der Waals surface area contributed by atoms with E-state index in [4.69, 9.17) is 25.4 Å². The van der Waals surface area contributed by atoms with Crippen LogP contribution in [-0.2, 0) is 0 Å². The molecule has 9 heteroatoms. The van der Waals surface area contributed by atoms with Gasteiger partial charge in [-0.05, 0) is 6.07 Å². The Bertz CT molecular complexity index is 943. The van der Waals surface area contributed by atoms with Crippen molar-refractivity contribution in [1.29, 1.82) is 0 Å². The highest BCUT2D eigenvalue weighted by Gasteiger charge is 2.24. The topological polar surface area (TPSA) is 130 Å². The van der Waals surface area contributed by atoms with Gasteiger partial charge in [0.25, 0.3) is 5.91 Å². The van der Waals surface area contributed by atoms with Crippen LogP contribution in [0.5, 0.6) is 11.5 Å². The molecule has 0 atom stereocenters. The number of thiophene rings is 1. The van der Waals surface area contributed by atoms with E-state index in [1.807, 2.05) is 0 Å². The minimum Gasteiger partial charge on any atom is -0.493 e. The molecule has 0 aliphatic carbocycles. The average Bonchev–Trinajstić information content (AvgIpc) is 3.02. The molecule has 0 aliphatic heterocycles. The lowest BCUT2D eigenvalue weighted by atomic mass is 10.2. The first-order chi connectivity index (χ1) is 11.0. The van der Waals surface area contributed by atoms with Gasteiger partial charge in [-0.2, -0.15) is 0 Å². The zero-order chi connectivity index (χ0) is 16.7. The van der Waals surface area contributed by atoms with Crippen LogP contribution in [0.1, 0.15) is 10.6 Å². The number of methoxy groups -OCH3 is 2. The number of carbonyl (C=O) groups excluding carboxylic acids is 2. The zero-order valence-electron chi connectivity index (χ0n) is 12.3. The van der Waals surface area contributed by atoms with Gasteiger partial charge in [0.15, 0.2) is 17.1 Å². The Morgan fingerprint density at radius 2 is 1.83 bits per heavy atom. The fraction of sp³-hybridized carbons (Fsp3) is 0.143. The molecule has 0 spiro atoms. The highest BCUT2D eigenvalue weighted by atomic mass is 32.1. The number of anilines is 1. The second-order valence-corrected chi connectivity index (χ2v) is 5.68. The first kappa shape index (κ1) is 15.0. The van der Waals surface area contributed by atoms with Crippen molar-refractivity contribution in [3.8, 4) is 11.5 Å². The minimum absolute atomic E-state index is 0.151. The summed E-state index contributed by atoms with van der Waals surface area (Å²) in [5.74, 6) is 0.122. The molecule has 0 fully saturated rings. The summed E-state index contributed by atoms with van der Waals surface area (Å²) in [7, 11) is 3.05. The van der Waals surface area contributed by atoms with Crippen LogP contribution in [-0.4, -0.2) is 26.2 Å². The maximum absolute atomic E-state index is 11.5. The number of carbonyl (C=O) groups is 2. The number of ether oxygens (including phenoxy) is 2. The molecule has 2 aromatic heterocycles. The number of hydrogen-bond acceptors (Lipinski definition) is 6. The Hall–Kier alpha value is -2.94. The zero-order valence-corrected chi connectivity index (χ0v) is 13.1. The number of rotatable bonds is 4. The molecule has 0 saturated carbocycles. The number of hydrogen-bond donors (Lipinski definition) is 3. The van der Waals surface area contributed by atoms with Gasteiger partial charge in [0, 0.05) is 16.2 Å². The van der Waals surface area contributed by atoms with Crippen LogP contribution in [0.4, 0.5) is 10.5 Å². The molecule has 23 heavy (non-hydrogen) atoms. The van der Waals surface area contributed by atoms with Gasteiger partial charge in [0.1, 0.15) is 5.69 Å². The van der Waals surface area contributed by atoms with Crippen molar-refractivity contribution in [3.63, 3.8) is 0 Å². The highest BCUT2D eigenvalue weighted by molar-refractivity contribution is 7.26. The summed E-state index contributed by atoms with van der Waals surface area (Å²) >= 11 is 1.31. The molecule has 5 N–H and O–H groups in total. The van der Waals surface area contributed by atoms with Crippen LogP contribution in [0.2, 0.25) is 0 Å². The molecule has 3 amide bonds. The van der Waals surface area contributed by atoms with Gasteiger partial charge in [0.2, 0.25) is 5.76 Å². The summed E-state index contributed by atoms with van der Waals surface area (Å²) < 4.78 is 17.5. The van der Waals surface area contributed by atoms with E-state index < -0.39 is 11.9 Å². The van der Waals surface area contributed by atoms with Crippen LogP contribution in [0, 0.1) is 0 Å². The number of amides is 3. The highest BCUT2D eigenvalue weighted by Crippen LogP contribution is 2.45. The summed E-state index contributed by atoms with van der Waals surface area (Å²) in [5, 5.41) is 3.10. The van der Waals surface area contributed by atoms with Crippen LogP contribution in [0.25, 0.3) is 20.4 Å². The molecule has 0 unspecified atom stereocenters. The van der Waals surface area contributed by atoms with E-state index in [0.717, 1.165) is 4.70 Å². The number of primary amides is 2. The number of nitrogens with two attached hydrogens (primary N) is 2. The predicted octanol–water partition coefficient (Wildman–Crippen LogP) is 2.25. The third kappa shape index (κ3) is 2.30. The Morgan fingerprint density at radius 1 is 1.17 bits per heavy atom. The number of fused-ring (bicyclic) bond motifs is 3. The van der Waals surface area contributed by atoms with Crippen molar-refractivity contribution in [3.05, 3.63) is 17.9 Å². The maximum atomic E-state index is 11.5. The third-order valence-corrected chi connectivity index (χ3v) is 4.43. The molecular formula is C14H13N3O5S. The van der Waals surface area contributed by atoms with Gasteiger partial charge >= 0.3 is 6.03 Å². The van der Waals surface area contributed by atoms with Crippen molar-refractivity contribution < 1.29 is 23.5 Å². The SMILES string of the molecule is COc1cc2sc3c(NC(N)=O)c(C(N)=O)oc3c2cc1OC. The van der Waals surface area contributed by atoms with Gasteiger partial charge in [-0.15, -0.1) is 11.3 Å². The second kappa shape index (κ2) is 5.36. The van der Waals surface area contributed by atoms with Gasteiger partial charge in [-0.25, -0.2) is 4.79 Å². The van der Waals surface area contributed by atoms with Crippen molar-refractivity contribution in [2.75, 3.05) is 19.5 Å². The molecule has 3 aromatic rings. The smallest absolute Gasteiger partial charge is 0.316 e. The second-order valence-electron chi connectivity index (χ2n) is 4.62. The van der Waals surface area contributed by atoms with Gasteiger partial charge in [-0.3, -0.25) is 4.79 Å². The van der Waals surface area contributed by atoms with E-state index in [1.165, 1.54) is 25.6 Å². The Balaban J connectivity index is 2.35. The van der Waals surface area contributed by atoms with E-state index >= 15 is 0 Å². The summed E-state index contributed by atoms with van der Waals surface area (Å²) in [6.07, 6.45) is 0. The molecule has 0 saturated heterocycles. The van der Waals surface area contributed by atoms with Crippen molar-refractivity contribution in [2.24, 2.45) is 11.5 Å². The number of nitrogens with one attached hydrogen (secondary N) is 1. The molecule has 0 bridgehead atoms. The van der Waals surface area contributed by atoms with E-state index in [9.17, 15) is 9.59 Å². The standard InChI is InChI=1S/C14H13N3O5S/c1-20-6-3-5-8(4-7(6)21-2)23-12-9(17-14(16)19)11(13(15)18)22-10(5)12/h3-4H,1-2H3,(H2,15,18)(H3,16,17,19). The molecule has 120 valence electrons. The molecule has 0 aliphatic rings. The third-order valence-electron chi connectivity index (χ3n) is 3.28.